The van der Waals surface area contributed by atoms with Gasteiger partial charge in [0.05, 0.1) is 10.9 Å². The number of benzene rings is 1. The third-order valence-corrected chi connectivity index (χ3v) is 3.31. The molecule has 80 valence electrons. The first kappa shape index (κ1) is 11.1. The molecule has 1 saturated carbocycles. The molecule has 1 aliphatic rings. The fraction of sp³-hybridized carbons (Fsp3) is 0.300. The topological polar surface area (TPSA) is 26.3 Å². The molecule has 0 spiro atoms. The fourth-order valence-electron chi connectivity index (χ4n) is 1.18. The van der Waals surface area contributed by atoms with Gasteiger partial charge in [0.2, 0.25) is 0 Å². The Balaban J connectivity index is 2.05. The van der Waals surface area contributed by atoms with Crippen LogP contribution in [0.15, 0.2) is 24.3 Å². The van der Waals surface area contributed by atoms with Crippen molar-refractivity contribution in [2.24, 2.45) is 5.92 Å². The monoisotopic (exact) mass is 264 g/mol. The van der Waals surface area contributed by atoms with Crippen LogP contribution in [-0.4, -0.2) is 10.3 Å². The summed E-state index contributed by atoms with van der Waals surface area (Å²) in [5, 5.41) is 0.390. The maximum atomic E-state index is 11.5. The van der Waals surface area contributed by atoms with Gasteiger partial charge in [0.1, 0.15) is 10.1 Å². The molecule has 2 rings (SSSR count). The van der Waals surface area contributed by atoms with E-state index in [0.29, 0.717) is 17.2 Å². The Labute approximate surface area is 102 Å². The molecule has 0 amide bonds. The van der Waals surface area contributed by atoms with Crippen LogP contribution < -0.4 is 4.74 Å². The zero-order valence-corrected chi connectivity index (χ0v) is 9.81. The lowest BCUT2D eigenvalue weighted by atomic mass is 10.3. The molecular weight excluding hydrogens is 258 g/mol. The van der Waals surface area contributed by atoms with Gasteiger partial charge in [0.25, 0.3) is 0 Å². The van der Waals surface area contributed by atoms with E-state index in [1.54, 1.807) is 24.3 Å². The standard InChI is InChI=1S/C10H7Cl3O2/c11-7-3-1-2-4-8(7)15-9(14)6-5-10(6,12)13/h1-4,6H,5H2. The molecule has 1 fully saturated rings. The zero-order valence-electron chi connectivity index (χ0n) is 7.54. The van der Waals surface area contributed by atoms with E-state index in [-0.39, 0.29) is 0 Å². The van der Waals surface area contributed by atoms with Gasteiger partial charge in [-0.3, -0.25) is 4.79 Å². The van der Waals surface area contributed by atoms with Crippen LogP contribution in [0.3, 0.4) is 0 Å². The van der Waals surface area contributed by atoms with Crippen molar-refractivity contribution in [2.75, 3.05) is 0 Å². The van der Waals surface area contributed by atoms with Gasteiger partial charge in [-0.05, 0) is 18.6 Å². The number of rotatable bonds is 2. The van der Waals surface area contributed by atoms with Gasteiger partial charge in [0.15, 0.2) is 0 Å². The van der Waals surface area contributed by atoms with Crippen molar-refractivity contribution in [3.63, 3.8) is 0 Å². The molecule has 0 aromatic heterocycles. The highest BCUT2D eigenvalue weighted by molar-refractivity contribution is 6.52. The third-order valence-electron chi connectivity index (χ3n) is 2.16. The van der Waals surface area contributed by atoms with Crippen molar-refractivity contribution in [1.29, 1.82) is 0 Å². The molecule has 2 nitrogen and oxygen atoms in total. The minimum Gasteiger partial charge on any atom is -0.425 e. The highest BCUT2D eigenvalue weighted by Gasteiger charge is 2.57. The van der Waals surface area contributed by atoms with Crippen molar-refractivity contribution in [3.8, 4) is 5.75 Å². The quantitative estimate of drug-likeness (QED) is 0.465. The number of esters is 1. The Morgan fingerprint density at radius 3 is 2.53 bits per heavy atom. The van der Waals surface area contributed by atoms with Crippen molar-refractivity contribution >= 4 is 40.8 Å². The number of hydrogen-bond donors (Lipinski definition) is 0. The minimum absolute atomic E-state index is 0.334. The zero-order chi connectivity index (χ0) is 11.1. The van der Waals surface area contributed by atoms with E-state index in [0.717, 1.165) is 0 Å². The smallest absolute Gasteiger partial charge is 0.317 e. The minimum atomic E-state index is -0.960. The van der Waals surface area contributed by atoms with Gasteiger partial charge >= 0.3 is 5.97 Å². The Hall–Kier alpha value is -0.440. The van der Waals surface area contributed by atoms with Gasteiger partial charge in [-0.25, -0.2) is 0 Å². The molecule has 0 aliphatic heterocycles. The van der Waals surface area contributed by atoms with E-state index in [9.17, 15) is 4.79 Å². The SMILES string of the molecule is O=C(Oc1ccccc1Cl)C1CC1(Cl)Cl. The van der Waals surface area contributed by atoms with Crippen molar-refractivity contribution in [3.05, 3.63) is 29.3 Å². The molecule has 15 heavy (non-hydrogen) atoms. The predicted octanol–water partition coefficient (Wildman–Crippen LogP) is 3.44. The second-order valence-electron chi connectivity index (χ2n) is 3.37. The van der Waals surface area contributed by atoms with E-state index in [1.165, 1.54) is 0 Å². The summed E-state index contributed by atoms with van der Waals surface area (Å²) in [7, 11) is 0. The fourth-order valence-corrected chi connectivity index (χ4v) is 1.84. The van der Waals surface area contributed by atoms with Gasteiger partial charge in [0, 0.05) is 0 Å². The number of ether oxygens (including phenoxy) is 1. The molecule has 0 bridgehead atoms. The summed E-state index contributed by atoms with van der Waals surface area (Å²) in [4.78, 5) is 11.5. The summed E-state index contributed by atoms with van der Waals surface area (Å²) < 4.78 is 4.10. The molecule has 0 heterocycles. The van der Waals surface area contributed by atoms with Crippen LogP contribution in [-0.2, 0) is 4.79 Å². The van der Waals surface area contributed by atoms with E-state index < -0.39 is 16.2 Å². The average Bonchev–Trinajstić information content (AvgIpc) is 2.79. The summed E-state index contributed by atoms with van der Waals surface area (Å²) >= 11 is 17.3. The van der Waals surface area contributed by atoms with E-state index in [1.807, 2.05) is 0 Å². The lowest BCUT2D eigenvalue weighted by Gasteiger charge is -2.05. The van der Waals surface area contributed by atoms with Gasteiger partial charge < -0.3 is 4.74 Å². The molecular formula is C10H7Cl3O2. The van der Waals surface area contributed by atoms with Crippen LogP contribution in [0.4, 0.5) is 0 Å². The number of para-hydroxylation sites is 1. The first-order valence-corrected chi connectivity index (χ1v) is 5.48. The van der Waals surface area contributed by atoms with Gasteiger partial charge in [-0.15, -0.1) is 23.2 Å². The number of alkyl halides is 2. The molecule has 1 aliphatic carbocycles. The number of carbonyl (C=O) groups excluding carboxylic acids is 1. The van der Waals surface area contributed by atoms with E-state index in [2.05, 4.69) is 0 Å². The number of hydrogen-bond acceptors (Lipinski definition) is 2. The van der Waals surface area contributed by atoms with Crippen LogP contribution in [0.25, 0.3) is 0 Å². The Kier molecular flexibility index (Phi) is 2.84. The van der Waals surface area contributed by atoms with Crippen molar-refractivity contribution in [2.45, 2.75) is 10.8 Å². The highest BCUT2D eigenvalue weighted by atomic mass is 35.5. The highest BCUT2D eigenvalue weighted by Crippen LogP contribution is 2.53. The number of carbonyl (C=O) groups is 1. The predicted molar refractivity (Wildman–Crippen MR) is 59.6 cm³/mol. The second kappa shape index (κ2) is 3.85. The Morgan fingerprint density at radius 1 is 1.40 bits per heavy atom. The van der Waals surface area contributed by atoms with Crippen molar-refractivity contribution in [1.82, 2.24) is 0 Å². The summed E-state index contributed by atoms with van der Waals surface area (Å²) in [6, 6.07) is 6.75. The second-order valence-corrected chi connectivity index (χ2v) is 5.32. The first-order chi connectivity index (χ1) is 7.00. The van der Waals surface area contributed by atoms with Gasteiger partial charge in [-0.2, -0.15) is 0 Å². The molecule has 5 heteroatoms. The maximum absolute atomic E-state index is 11.5. The lowest BCUT2D eigenvalue weighted by molar-refractivity contribution is -0.135. The largest absolute Gasteiger partial charge is 0.425 e. The summed E-state index contributed by atoms with van der Waals surface area (Å²) in [6.07, 6.45) is 0.430. The molecule has 1 atom stereocenters. The summed E-state index contributed by atoms with van der Waals surface area (Å²) in [5.74, 6) is -0.551. The summed E-state index contributed by atoms with van der Waals surface area (Å²) in [5.41, 5.74) is 0. The number of halogens is 3. The average molecular weight is 266 g/mol. The van der Waals surface area contributed by atoms with Crippen LogP contribution in [0, 0.1) is 5.92 Å². The lowest BCUT2D eigenvalue weighted by Crippen LogP contribution is -2.14. The molecule has 1 aromatic carbocycles. The van der Waals surface area contributed by atoms with E-state index >= 15 is 0 Å². The maximum Gasteiger partial charge on any atom is 0.317 e. The van der Waals surface area contributed by atoms with Crippen LogP contribution in [0.1, 0.15) is 6.42 Å². The molecule has 1 aromatic rings. The Bertz CT molecular complexity index is 403. The van der Waals surface area contributed by atoms with Gasteiger partial charge in [-0.1, -0.05) is 23.7 Å². The molecule has 0 saturated heterocycles. The first-order valence-electron chi connectivity index (χ1n) is 4.35. The molecule has 1 unspecified atom stereocenters. The van der Waals surface area contributed by atoms with Crippen LogP contribution in [0.5, 0.6) is 5.75 Å². The molecule has 0 radical (unpaired) electrons. The third kappa shape index (κ3) is 2.39. The van der Waals surface area contributed by atoms with Crippen molar-refractivity contribution < 1.29 is 9.53 Å². The van der Waals surface area contributed by atoms with E-state index in [4.69, 9.17) is 39.5 Å². The summed E-state index contributed by atoms with van der Waals surface area (Å²) in [6.45, 7) is 0. The normalized spacial score (nSPS) is 22.2. The van der Waals surface area contributed by atoms with Crippen LogP contribution in [0.2, 0.25) is 5.02 Å². The Morgan fingerprint density at radius 2 is 2.00 bits per heavy atom. The van der Waals surface area contributed by atoms with Crippen LogP contribution >= 0.6 is 34.8 Å². The molecule has 0 N–H and O–H groups in total.